The lowest BCUT2D eigenvalue weighted by atomic mass is 10.1. The highest BCUT2D eigenvalue weighted by molar-refractivity contribution is 7.15. The van der Waals surface area contributed by atoms with Gasteiger partial charge in [-0.1, -0.05) is 11.3 Å². The molecule has 3 heterocycles. The van der Waals surface area contributed by atoms with Crippen molar-refractivity contribution in [3.8, 4) is 0 Å². The van der Waals surface area contributed by atoms with Crippen molar-refractivity contribution in [2.75, 3.05) is 31.6 Å². The van der Waals surface area contributed by atoms with Gasteiger partial charge in [-0.15, -0.1) is 0 Å². The number of fused-ring (bicyclic) bond motifs is 1. The van der Waals surface area contributed by atoms with Gasteiger partial charge in [0.15, 0.2) is 5.13 Å². The van der Waals surface area contributed by atoms with Crippen LogP contribution in [0.3, 0.4) is 0 Å². The molecule has 1 aromatic heterocycles. The first-order valence-electron chi connectivity index (χ1n) is 5.93. The van der Waals surface area contributed by atoms with Gasteiger partial charge >= 0.3 is 0 Å². The molecule has 0 radical (unpaired) electrons. The van der Waals surface area contributed by atoms with E-state index in [-0.39, 0.29) is 0 Å². The molecule has 1 aromatic rings. The summed E-state index contributed by atoms with van der Waals surface area (Å²) in [6, 6.07) is 0. The van der Waals surface area contributed by atoms with E-state index in [2.05, 4.69) is 15.6 Å². The molecule has 16 heavy (non-hydrogen) atoms. The summed E-state index contributed by atoms with van der Waals surface area (Å²) in [5.41, 5.74) is 1.24. The van der Waals surface area contributed by atoms with Gasteiger partial charge in [0, 0.05) is 13.0 Å². The summed E-state index contributed by atoms with van der Waals surface area (Å²) >= 11 is 1.75. The average molecular weight is 239 g/mol. The molecule has 88 valence electrons. The molecule has 0 aliphatic carbocycles. The molecule has 0 bridgehead atoms. The number of hydrogen-bond acceptors (Lipinski definition) is 5. The van der Waals surface area contributed by atoms with Crippen LogP contribution in [-0.2, 0) is 17.8 Å². The molecule has 5 heteroatoms. The third kappa shape index (κ3) is 2.21. The number of thiazole rings is 1. The van der Waals surface area contributed by atoms with Crippen molar-refractivity contribution in [1.82, 2.24) is 10.3 Å². The Balaban J connectivity index is 1.59. The second-order valence-electron chi connectivity index (χ2n) is 4.43. The van der Waals surface area contributed by atoms with E-state index in [1.807, 2.05) is 0 Å². The standard InChI is InChI=1S/C11H17N3OS/c1-3-12-5-8(1)6-13-11-14-9-2-4-15-7-10(9)16-11/h8,12H,1-7H2,(H,13,14). The Morgan fingerprint density at radius 2 is 2.56 bits per heavy atom. The van der Waals surface area contributed by atoms with E-state index in [0.29, 0.717) is 0 Å². The number of ether oxygens (including phenoxy) is 1. The van der Waals surface area contributed by atoms with Crippen LogP contribution in [0.2, 0.25) is 0 Å². The molecule has 4 nitrogen and oxygen atoms in total. The summed E-state index contributed by atoms with van der Waals surface area (Å²) < 4.78 is 5.42. The first-order chi connectivity index (χ1) is 7.92. The smallest absolute Gasteiger partial charge is 0.183 e. The van der Waals surface area contributed by atoms with E-state index in [0.717, 1.165) is 50.3 Å². The molecule has 1 fully saturated rings. The van der Waals surface area contributed by atoms with Gasteiger partial charge in [0.2, 0.25) is 0 Å². The minimum atomic E-state index is 0.750. The lowest BCUT2D eigenvalue weighted by Gasteiger charge is -2.08. The molecule has 0 aromatic carbocycles. The zero-order valence-electron chi connectivity index (χ0n) is 9.29. The summed E-state index contributed by atoms with van der Waals surface area (Å²) in [6.07, 6.45) is 2.25. The first-order valence-corrected chi connectivity index (χ1v) is 6.74. The van der Waals surface area contributed by atoms with Crippen LogP contribution in [0.5, 0.6) is 0 Å². The van der Waals surface area contributed by atoms with Gasteiger partial charge in [-0.05, 0) is 25.4 Å². The van der Waals surface area contributed by atoms with Crippen LogP contribution in [0.1, 0.15) is 17.0 Å². The van der Waals surface area contributed by atoms with Crippen molar-refractivity contribution in [2.45, 2.75) is 19.4 Å². The fourth-order valence-electron chi connectivity index (χ4n) is 2.22. The molecule has 1 unspecified atom stereocenters. The average Bonchev–Trinajstić information content (AvgIpc) is 2.95. The molecule has 2 aliphatic rings. The minimum absolute atomic E-state index is 0.750. The van der Waals surface area contributed by atoms with Crippen molar-refractivity contribution in [2.24, 2.45) is 5.92 Å². The molecule has 0 saturated carbocycles. The third-order valence-electron chi connectivity index (χ3n) is 3.20. The number of nitrogens with one attached hydrogen (secondary N) is 2. The lowest BCUT2D eigenvalue weighted by Crippen LogP contribution is -2.17. The maximum Gasteiger partial charge on any atom is 0.183 e. The van der Waals surface area contributed by atoms with Crippen LogP contribution in [0, 0.1) is 5.92 Å². The molecule has 3 rings (SSSR count). The number of hydrogen-bond donors (Lipinski definition) is 2. The molecule has 0 amide bonds. The summed E-state index contributed by atoms with van der Waals surface area (Å²) in [7, 11) is 0. The maximum absolute atomic E-state index is 5.42. The predicted octanol–water partition coefficient (Wildman–Crippen LogP) is 1.24. The highest BCUT2D eigenvalue weighted by atomic mass is 32.1. The zero-order valence-corrected chi connectivity index (χ0v) is 10.1. The Bertz CT molecular complexity index is 337. The fourth-order valence-corrected chi connectivity index (χ4v) is 3.17. The fraction of sp³-hybridized carbons (Fsp3) is 0.727. The zero-order chi connectivity index (χ0) is 10.8. The van der Waals surface area contributed by atoms with E-state index >= 15 is 0 Å². The van der Waals surface area contributed by atoms with Gasteiger partial charge in [0.1, 0.15) is 0 Å². The van der Waals surface area contributed by atoms with Gasteiger partial charge in [-0.2, -0.15) is 0 Å². The molecular formula is C11H17N3OS. The highest BCUT2D eigenvalue weighted by Crippen LogP contribution is 2.27. The number of rotatable bonds is 3. The Kier molecular flexibility index (Phi) is 3.08. The van der Waals surface area contributed by atoms with Crippen molar-refractivity contribution in [3.63, 3.8) is 0 Å². The van der Waals surface area contributed by atoms with Crippen LogP contribution < -0.4 is 10.6 Å². The van der Waals surface area contributed by atoms with E-state index in [1.54, 1.807) is 11.3 Å². The predicted molar refractivity (Wildman–Crippen MR) is 64.9 cm³/mol. The summed E-state index contributed by atoms with van der Waals surface area (Å²) in [5, 5.41) is 7.91. The summed E-state index contributed by atoms with van der Waals surface area (Å²) in [6.45, 7) is 4.92. The van der Waals surface area contributed by atoms with Crippen LogP contribution in [0.15, 0.2) is 0 Å². The van der Waals surface area contributed by atoms with Crippen LogP contribution in [0.25, 0.3) is 0 Å². The molecule has 2 N–H and O–H groups in total. The summed E-state index contributed by atoms with van der Waals surface area (Å²) in [4.78, 5) is 5.92. The highest BCUT2D eigenvalue weighted by Gasteiger charge is 2.17. The van der Waals surface area contributed by atoms with Crippen LogP contribution in [-0.4, -0.2) is 31.2 Å². The molecular weight excluding hydrogens is 222 g/mol. The number of anilines is 1. The van der Waals surface area contributed by atoms with E-state index in [4.69, 9.17) is 4.74 Å². The Morgan fingerprint density at radius 3 is 3.38 bits per heavy atom. The third-order valence-corrected chi connectivity index (χ3v) is 4.23. The van der Waals surface area contributed by atoms with E-state index in [1.165, 1.54) is 17.0 Å². The SMILES string of the molecule is C1CC(CNc2nc3c(s2)COCC3)CN1. The summed E-state index contributed by atoms with van der Waals surface area (Å²) in [5.74, 6) is 0.761. The van der Waals surface area contributed by atoms with Gasteiger partial charge in [-0.3, -0.25) is 0 Å². The van der Waals surface area contributed by atoms with Crippen LogP contribution >= 0.6 is 11.3 Å². The number of nitrogens with zero attached hydrogens (tertiary/aromatic N) is 1. The van der Waals surface area contributed by atoms with Crippen molar-refractivity contribution < 1.29 is 4.74 Å². The van der Waals surface area contributed by atoms with Gasteiger partial charge in [0.05, 0.1) is 23.8 Å². The van der Waals surface area contributed by atoms with Crippen molar-refractivity contribution >= 4 is 16.5 Å². The molecule has 1 atom stereocenters. The number of aromatic nitrogens is 1. The molecule has 2 aliphatic heterocycles. The van der Waals surface area contributed by atoms with E-state index < -0.39 is 0 Å². The lowest BCUT2D eigenvalue weighted by molar-refractivity contribution is 0.112. The Labute approximate surface area is 99.4 Å². The van der Waals surface area contributed by atoms with Crippen LogP contribution in [0.4, 0.5) is 5.13 Å². The first kappa shape index (κ1) is 10.5. The second-order valence-corrected chi connectivity index (χ2v) is 5.51. The normalized spacial score (nSPS) is 24.4. The molecule has 0 spiro atoms. The Morgan fingerprint density at radius 1 is 1.56 bits per heavy atom. The monoisotopic (exact) mass is 239 g/mol. The van der Waals surface area contributed by atoms with Gasteiger partial charge in [-0.25, -0.2) is 4.98 Å². The quantitative estimate of drug-likeness (QED) is 0.833. The van der Waals surface area contributed by atoms with Crippen molar-refractivity contribution in [1.29, 1.82) is 0 Å². The Hall–Kier alpha value is -0.650. The van der Waals surface area contributed by atoms with E-state index in [9.17, 15) is 0 Å². The van der Waals surface area contributed by atoms with Crippen molar-refractivity contribution in [3.05, 3.63) is 10.6 Å². The van der Waals surface area contributed by atoms with Gasteiger partial charge < -0.3 is 15.4 Å². The maximum atomic E-state index is 5.42. The minimum Gasteiger partial charge on any atom is -0.375 e. The second kappa shape index (κ2) is 4.69. The topological polar surface area (TPSA) is 46.2 Å². The van der Waals surface area contributed by atoms with Gasteiger partial charge in [0.25, 0.3) is 0 Å². The molecule has 1 saturated heterocycles. The largest absolute Gasteiger partial charge is 0.375 e.